The summed E-state index contributed by atoms with van der Waals surface area (Å²) in [5.41, 5.74) is 5.77. The summed E-state index contributed by atoms with van der Waals surface area (Å²) in [6.45, 7) is 3.80. The van der Waals surface area contributed by atoms with Gasteiger partial charge in [-0.3, -0.25) is 14.3 Å². The fourth-order valence-electron chi connectivity index (χ4n) is 3.99. The monoisotopic (exact) mass is 439 g/mol. The molecule has 0 bridgehead atoms. The van der Waals surface area contributed by atoms with Gasteiger partial charge in [-0.15, -0.1) is 0 Å². The van der Waals surface area contributed by atoms with Crippen molar-refractivity contribution >= 4 is 34.2 Å². The Labute approximate surface area is 191 Å². The van der Waals surface area contributed by atoms with Gasteiger partial charge in [0.1, 0.15) is 0 Å². The summed E-state index contributed by atoms with van der Waals surface area (Å²) in [5, 5.41) is 11.2. The molecule has 2 aromatic heterocycles. The van der Waals surface area contributed by atoms with E-state index in [-0.39, 0.29) is 17.7 Å². The fourth-order valence-corrected chi connectivity index (χ4v) is 3.99. The number of carbonyl (C=O) groups excluding carboxylic acids is 2. The van der Waals surface area contributed by atoms with E-state index in [2.05, 4.69) is 15.7 Å². The zero-order valence-electron chi connectivity index (χ0n) is 18.8. The number of hydrogen-bond acceptors (Lipinski definition) is 4. The maximum absolute atomic E-state index is 13.5. The molecule has 2 aromatic carbocycles. The summed E-state index contributed by atoms with van der Waals surface area (Å²) in [4.78, 5) is 30.4. The van der Waals surface area contributed by atoms with Crippen LogP contribution < -0.4 is 10.6 Å². The highest BCUT2D eigenvalue weighted by Gasteiger charge is 2.29. The number of fused-ring (bicyclic) bond motifs is 1. The Hall–Kier alpha value is -4.00. The molecular formula is C26H25N5O2. The second-order valence-corrected chi connectivity index (χ2v) is 8.58. The number of nitrogens with zero attached hydrogens (tertiary/aromatic N) is 3. The molecule has 4 aromatic rings. The molecule has 1 aliphatic carbocycles. The maximum Gasteiger partial charge on any atom is 0.256 e. The Morgan fingerprint density at radius 3 is 2.48 bits per heavy atom. The summed E-state index contributed by atoms with van der Waals surface area (Å²) < 4.78 is 1.70. The first-order valence-electron chi connectivity index (χ1n) is 11.0. The number of aryl methyl sites for hydroxylation is 3. The van der Waals surface area contributed by atoms with Crippen molar-refractivity contribution in [1.29, 1.82) is 0 Å². The van der Waals surface area contributed by atoms with E-state index in [0.717, 1.165) is 35.0 Å². The molecule has 1 fully saturated rings. The largest absolute Gasteiger partial charge is 0.326 e. The molecule has 1 saturated carbocycles. The van der Waals surface area contributed by atoms with Crippen LogP contribution in [0.3, 0.4) is 0 Å². The topological polar surface area (TPSA) is 88.9 Å². The van der Waals surface area contributed by atoms with E-state index in [0.29, 0.717) is 28.3 Å². The van der Waals surface area contributed by atoms with E-state index in [9.17, 15) is 9.59 Å². The molecule has 166 valence electrons. The predicted octanol–water partition coefficient (Wildman–Crippen LogP) is 4.85. The van der Waals surface area contributed by atoms with E-state index >= 15 is 0 Å². The Bertz CT molecular complexity index is 1390. The van der Waals surface area contributed by atoms with Crippen LogP contribution in [-0.4, -0.2) is 26.6 Å². The number of aromatic nitrogens is 3. The molecular weight excluding hydrogens is 414 g/mol. The van der Waals surface area contributed by atoms with Crippen molar-refractivity contribution in [3.63, 3.8) is 0 Å². The number of pyridine rings is 1. The van der Waals surface area contributed by atoms with Crippen LogP contribution in [0, 0.1) is 19.8 Å². The minimum absolute atomic E-state index is 0.0328. The van der Waals surface area contributed by atoms with Gasteiger partial charge in [-0.25, -0.2) is 4.98 Å². The summed E-state index contributed by atoms with van der Waals surface area (Å²) in [7, 11) is 1.83. The van der Waals surface area contributed by atoms with Gasteiger partial charge >= 0.3 is 0 Å². The van der Waals surface area contributed by atoms with E-state index in [1.165, 1.54) is 0 Å². The average Bonchev–Trinajstić information content (AvgIpc) is 3.62. The zero-order chi connectivity index (χ0) is 23.1. The highest BCUT2D eigenvalue weighted by atomic mass is 16.2. The second-order valence-electron chi connectivity index (χ2n) is 8.58. The molecule has 2 heterocycles. The first-order valence-corrected chi connectivity index (χ1v) is 11.0. The minimum Gasteiger partial charge on any atom is -0.326 e. The molecule has 0 atom stereocenters. The van der Waals surface area contributed by atoms with Crippen LogP contribution in [0.15, 0.2) is 54.6 Å². The molecule has 2 N–H and O–H groups in total. The smallest absolute Gasteiger partial charge is 0.256 e. The van der Waals surface area contributed by atoms with Crippen molar-refractivity contribution in [3.8, 4) is 11.3 Å². The van der Waals surface area contributed by atoms with E-state index in [4.69, 9.17) is 4.98 Å². The van der Waals surface area contributed by atoms with Crippen molar-refractivity contribution in [2.45, 2.75) is 26.7 Å². The van der Waals surface area contributed by atoms with Gasteiger partial charge in [0.15, 0.2) is 5.65 Å². The van der Waals surface area contributed by atoms with Gasteiger partial charge in [0, 0.05) is 29.9 Å². The third kappa shape index (κ3) is 4.09. The quantitative estimate of drug-likeness (QED) is 0.465. The molecule has 0 aliphatic heterocycles. The van der Waals surface area contributed by atoms with E-state index in [1.807, 2.05) is 69.4 Å². The van der Waals surface area contributed by atoms with Gasteiger partial charge in [-0.2, -0.15) is 5.10 Å². The van der Waals surface area contributed by atoms with Crippen LogP contribution >= 0.6 is 0 Å². The summed E-state index contributed by atoms with van der Waals surface area (Å²) >= 11 is 0. The van der Waals surface area contributed by atoms with Crippen molar-refractivity contribution in [1.82, 2.24) is 14.8 Å². The Morgan fingerprint density at radius 1 is 1.00 bits per heavy atom. The average molecular weight is 440 g/mol. The lowest BCUT2D eigenvalue weighted by molar-refractivity contribution is -0.117. The number of amides is 2. The third-order valence-corrected chi connectivity index (χ3v) is 5.98. The normalized spacial score (nSPS) is 13.2. The van der Waals surface area contributed by atoms with Gasteiger partial charge in [0.05, 0.1) is 22.3 Å². The van der Waals surface area contributed by atoms with Gasteiger partial charge < -0.3 is 10.6 Å². The van der Waals surface area contributed by atoms with Crippen molar-refractivity contribution < 1.29 is 9.59 Å². The van der Waals surface area contributed by atoms with Gasteiger partial charge in [0.2, 0.25) is 5.91 Å². The van der Waals surface area contributed by atoms with Crippen LogP contribution in [0.5, 0.6) is 0 Å². The van der Waals surface area contributed by atoms with E-state index < -0.39 is 0 Å². The molecule has 0 radical (unpaired) electrons. The summed E-state index contributed by atoms with van der Waals surface area (Å²) in [6, 6.07) is 17.1. The second kappa shape index (κ2) is 8.16. The lowest BCUT2D eigenvalue weighted by Crippen LogP contribution is -2.16. The number of carbonyl (C=O) groups is 2. The summed E-state index contributed by atoms with van der Waals surface area (Å²) in [6.07, 6.45) is 1.88. The molecule has 5 rings (SSSR count). The molecule has 1 aliphatic rings. The van der Waals surface area contributed by atoms with Crippen molar-refractivity contribution in [2.24, 2.45) is 13.0 Å². The first-order chi connectivity index (χ1) is 15.9. The molecule has 0 unspecified atom stereocenters. The van der Waals surface area contributed by atoms with E-state index in [1.54, 1.807) is 10.7 Å². The Kier molecular flexibility index (Phi) is 5.17. The van der Waals surface area contributed by atoms with Gasteiger partial charge in [0.25, 0.3) is 5.91 Å². The first kappa shape index (κ1) is 20.9. The SMILES string of the molecule is Cc1ccc(NC(=O)C2CC2)cc1NC(=O)c1cc(-c2ccccc2)nc2c1c(C)nn2C. The van der Waals surface area contributed by atoms with Crippen molar-refractivity contribution in [2.75, 3.05) is 10.6 Å². The fraction of sp³-hybridized carbons (Fsp3) is 0.231. The molecule has 7 heteroatoms. The zero-order valence-corrected chi connectivity index (χ0v) is 18.8. The number of hydrogen-bond donors (Lipinski definition) is 2. The Balaban J connectivity index is 1.52. The highest BCUT2D eigenvalue weighted by molar-refractivity contribution is 6.13. The molecule has 0 spiro atoms. The lowest BCUT2D eigenvalue weighted by Gasteiger charge is -2.13. The van der Waals surface area contributed by atoms with Crippen molar-refractivity contribution in [3.05, 3.63) is 71.4 Å². The maximum atomic E-state index is 13.5. The lowest BCUT2D eigenvalue weighted by atomic mass is 10.0. The number of rotatable bonds is 5. The molecule has 2 amide bonds. The minimum atomic E-state index is -0.246. The van der Waals surface area contributed by atoms with Crippen LogP contribution in [0.4, 0.5) is 11.4 Å². The van der Waals surface area contributed by atoms with Crippen LogP contribution in [0.1, 0.15) is 34.5 Å². The molecule has 33 heavy (non-hydrogen) atoms. The summed E-state index contributed by atoms with van der Waals surface area (Å²) in [5.74, 6) is -0.102. The molecule has 7 nitrogen and oxygen atoms in total. The van der Waals surface area contributed by atoms with Gasteiger partial charge in [-0.1, -0.05) is 36.4 Å². The predicted molar refractivity (Wildman–Crippen MR) is 129 cm³/mol. The third-order valence-electron chi connectivity index (χ3n) is 5.98. The standard InChI is InChI=1S/C26H25N5O2/c1-15-9-12-19(27-25(32)18-10-11-18)13-21(15)29-26(33)20-14-22(17-7-5-4-6-8-17)28-24-23(20)16(2)30-31(24)3/h4-9,12-14,18H,10-11H2,1-3H3,(H,27,32)(H,29,33). The number of anilines is 2. The number of nitrogens with one attached hydrogen (secondary N) is 2. The van der Waals surface area contributed by atoms with Gasteiger partial charge in [-0.05, 0) is 50.5 Å². The highest BCUT2D eigenvalue weighted by Crippen LogP contribution is 2.31. The Morgan fingerprint density at radius 2 is 1.76 bits per heavy atom. The van der Waals surface area contributed by atoms with Crippen LogP contribution in [0.25, 0.3) is 22.3 Å². The van der Waals surface area contributed by atoms with Crippen LogP contribution in [-0.2, 0) is 11.8 Å². The van der Waals surface area contributed by atoms with Crippen LogP contribution in [0.2, 0.25) is 0 Å². The number of benzene rings is 2. The molecule has 0 saturated heterocycles.